The average Bonchev–Trinajstić information content (AvgIpc) is 2.29. The maximum Gasteiger partial charge on any atom is 0.137 e. The van der Waals surface area contributed by atoms with Gasteiger partial charge in [-0.15, -0.1) is 0 Å². The molecule has 0 bridgehead atoms. The van der Waals surface area contributed by atoms with Gasteiger partial charge in [0.15, 0.2) is 0 Å². The van der Waals surface area contributed by atoms with Gasteiger partial charge in [-0.3, -0.25) is 0 Å². The van der Waals surface area contributed by atoms with Gasteiger partial charge in [-0.05, 0) is 47.5 Å². The van der Waals surface area contributed by atoms with E-state index >= 15 is 0 Å². The van der Waals surface area contributed by atoms with Gasteiger partial charge >= 0.3 is 0 Å². The van der Waals surface area contributed by atoms with Gasteiger partial charge in [-0.1, -0.05) is 6.07 Å². The second kappa shape index (κ2) is 5.97. The predicted molar refractivity (Wildman–Crippen MR) is 65.3 cm³/mol. The van der Waals surface area contributed by atoms with Crippen molar-refractivity contribution in [1.29, 1.82) is 5.26 Å². The molecule has 2 atom stereocenters. The highest BCUT2D eigenvalue weighted by Gasteiger charge is 2.08. The monoisotopic (exact) mass is 284 g/mol. The summed E-state index contributed by atoms with van der Waals surface area (Å²) in [6.45, 7) is 4.48. The fourth-order valence-electron chi connectivity index (χ4n) is 1.30. The number of hydrogen-bond donors (Lipinski definition) is 1. The van der Waals surface area contributed by atoms with E-state index in [9.17, 15) is 4.39 Å². The van der Waals surface area contributed by atoms with E-state index in [4.69, 9.17) is 5.26 Å². The summed E-state index contributed by atoms with van der Waals surface area (Å²) in [5, 5.41) is 11.9. The lowest BCUT2D eigenvalue weighted by molar-refractivity contribution is 0.526. The number of hydrogen-bond acceptors (Lipinski definition) is 2. The molecule has 1 aromatic carbocycles. The number of halogens is 2. The third kappa shape index (κ3) is 3.58. The summed E-state index contributed by atoms with van der Waals surface area (Å²) >= 11 is 3.15. The second-order valence-electron chi connectivity index (χ2n) is 3.83. The largest absolute Gasteiger partial charge is 0.309 e. The molecule has 1 rings (SSSR count). The first kappa shape index (κ1) is 13.1. The average molecular weight is 285 g/mol. The summed E-state index contributed by atoms with van der Waals surface area (Å²) in [7, 11) is 0. The van der Waals surface area contributed by atoms with Crippen molar-refractivity contribution in [2.24, 2.45) is 5.92 Å². The van der Waals surface area contributed by atoms with Gasteiger partial charge in [0.1, 0.15) is 5.82 Å². The molecule has 0 fully saturated rings. The lowest BCUT2D eigenvalue weighted by Crippen LogP contribution is -2.23. The van der Waals surface area contributed by atoms with Crippen LogP contribution >= 0.6 is 15.9 Å². The van der Waals surface area contributed by atoms with E-state index in [1.165, 1.54) is 6.07 Å². The van der Waals surface area contributed by atoms with Crippen molar-refractivity contribution < 1.29 is 4.39 Å². The zero-order valence-electron chi connectivity index (χ0n) is 9.30. The molecule has 0 aromatic heterocycles. The molecule has 4 heteroatoms. The zero-order valence-corrected chi connectivity index (χ0v) is 10.9. The minimum atomic E-state index is -0.263. The maximum absolute atomic E-state index is 13.0. The maximum atomic E-state index is 13.0. The molecule has 0 aliphatic rings. The van der Waals surface area contributed by atoms with Gasteiger partial charge in [0.2, 0.25) is 0 Å². The standard InChI is InChI=1S/C12H14BrFN2/c1-8(6-15)7-16-9(2)10-3-4-12(14)11(13)5-10/h3-5,8-9,16H,7H2,1-2H3. The summed E-state index contributed by atoms with van der Waals surface area (Å²) in [5.41, 5.74) is 0.999. The van der Waals surface area contributed by atoms with E-state index in [1.54, 1.807) is 12.1 Å². The molecule has 1 aromatic rings. The van der Waals surface area contributed by atoms with Crippen LogP contribution in [0.25, 0.3) is 0 Å². The summed E-state index contributed by atoms with van der Waals surface area (Å²) < 4.78 is 13.5. The number of nitriles is 1. The quantitative estimate of drug-likeness (QED) is 0.920. The highest BCUT2D eigenvalue weighted by molar-refractivity contribution is 9.10. The van der Waals surface area contributed by atoms with Crippen molar-refractivity contribution in [1.82, 2.24) is 5.32 Å². The molecule has 2 nitrogen and oxygen atoms in total. The summed E-state index contributed by atoms with van der Waals surface area (Å²) in [5.74, 6) is -0.285. The molecule has 0 aliphatic carbocycles. The molecule has 0 spiro atoms. The molecule has 0 saturated carbocycles. The van der Waals surface area contributed by atoms with Crippen LogP contribution in [0.2, 0.25) is 0 Å². The summed E-state index contributed by atoms with van der Waals surface area (Å²) in [6, 6.07) is 7.20. The third-order valence-corrected chi connectivity index (χ3v) is 3.00. The van der Waals surface area contributed by atoms with Crippen molar-refractivity contribution in [2.45, 2.75) is 19.9 Å². The van der Waals surface area contributed by atoms with Gasteiger partial charge in [0.25, 0.3) is 0 Å². The Morgan fingerprint density at radius 2 is 2.19 bits per heavy atom. The number of benzene rings is 1. The lowest BCUT2D eigenvalue weighted by atomic mass is 10.1. The van der Waals surface area contributed by atoms with Crippen molar-refractivity contribution in [3.63, 3.8) is 0 Å². The van der Waals surface area contributed by atoms with E-state index in [-0.39, 0.29) is 17.8 Å². The molecule has 1 N–H and O–H groups in total. The number of nitrogens with zero attached hydrogens (tertiary/aromatic N) is 1. The van der Waals surface area contributed by atoms with Crippen LogP contribution in [-0.4, -0.2) is 6.54 Å². The summed E-state index contributed by atoms with van der Waals surface area (Å²) in [6.07, 6.45) is 0. The van der Waals surface area contributed by atoms with E-state index in [0.717, 1.165) is 5.56 Å². The van der Waals surface area contributed by atoms with Gasteiger partial charge in [-0.2, -0.15) is 5.26 Å². The minimum Gasteiger partial charge on any atom is -0.309 e. The molecule has 86 valence electrons. The number of rotatable bonds is 4. The molecule has 0 radical (unpaired) electrons. The Hall–Kier alpha value is -0.920. The first-order valence-corrected chi connectivity index (χ1v) is 5.92. The van der Waals surface area contributed by atoms with Crippen LogP contribution in [0.4, 0.5) is 4.39 Å². The van der Waals surface area contributed by atoms with Crippen molar-refractivity contribution in [2.75, 3.05) is 6.54 Å². The Bertz CT molecular complexity index is 400. The molecule has 0 aliphatic heterocycles. The molecular weight excluding hydrogens is 271 g/mol. The Kier molecular flexibility index (Phi) is 4.91. The minimum absolute atomic E-state index is 0.0219. The first-order chi connectivity index (χ1) is 7.54. The Morgan fingerprint density at radius 1 is 1.50 bits per heavy atom. The predicted octanol–water partition coefficient (Wildman–Crippen LogP) is 3.40. The highest BCUT2D eigenvalue weighted by Crippen LogP contribution is 2.21. The third-order valence-electron chi connectivity index (χ3n) is 2.39. The molecular formula is C12H14BrFN2. The van der Waals surface area contributed by atoms with Crippen LogP contribution in [-0.2, 0) is 0 Å². The van der Waals surface area contributed by atoms with Crippen LogP contribution in [0.3, 0.4) is 0 Å². The van der Waals surface area contributed by atoms with Crippen LogP contribution in [0.1, 0.15) is 25.5 Å². The lowest BCUT2D eigenvalue weighted by Gasteiger charge is -2.15. The zero-order chi connectivity index (χ0) is 12.1. The van der Waals surface area contributed by atoms with Crippen LogP contribution in [0, 0.1) is 23.1 Å². The normalized spacial score (nSPS) is 14.2. The van der Waals surface area contributed by atoms with Crippen LogP contribution in [0.5, 0.6) is 0 Å². The fourth-order valence-corrected chi connectivity index (χ4v) is 1.70. The summed E-state index contributed by atoms with van der Waals surface area (Å²) in [4.78, 5) is 0. The molecule has 0 heterocycles. The molecule has 16 heavy (non-hydrogen) atoms. The van der Waals surface area contributed by atoms with Gasteiger partial charge < -0.3 is 5.32 Å². The molecule has 0 amide bonds. The fraction of sp³-hybridized carbons (Fsp3) is 0.417. The molecule has 0 saturated heterocycles. The van der Waals surface area contributed by atoms with Gasteiger partial charge in [0, 0.05) is 12.6 Å². The van der Waals surface area contributed by atoms with Crippen LogP contribution < -0.4 is 5.32 Å². The van der Waals surface area contributed by atoms with Crippen molar-refractivity contribution in [3.05, 3.63) is 34.1 Å². The van der Waals surface area contributed by atoms with E-state index < -0.39 is 0 Å². The topological polar surface area (TPSA) is 35.8 Å². The van der Waals surface area contributed by atoms with Gasteiger partial charge in [0.05, 0.1) is 16.5 Å². The van der Waals surface area contributed by atoms with Crippen LogP contribution in [0.15, 0.2) is 22.7 Å². The van der Waals surface area contributed by atoms with E-state index in [0.29, 0.717) is 11.0 Å². The SMILES string of the molecule is CC(C#N)CNC(C)c1ccc(F)c(Br)c1. The van der Waals surface area contributed by atoms with Gasteiger partial charge in [-0.25, -0.2) is 4.39 Å². The Labute approximate surface area is 104 Å². The molecule has 2 unspecified atom stereocenters. The van der Waals surface area contributed by atoms with E-state index in [1.807, 2.05) is 13.8 Å². The number of nitrogens with one attached hydrogen (secondary N) is 1. The highest BCUT2D eigenvalue weighted by atomic mass is 79.9. The Balaban J connectivity index is 2.63. The smallest absolute Gasteiger partial charge is 0.137 e. The second-order valence-corrected chi connectivity index (χ2v) is 4.69. The Morgan fingerprint density at radius 3 is 2.75 bits per heavy atom. The van der Waals surface area contributed by atoms with Crippen molar-refractivity contribution >= 4 is 15.9 Å². The van der Waals surface area contributed by atoms with Crippen molar-refractivity contribution in [3.8, 4) is 6.07 Å². The van der Waals surface area contributed by atoms with E-state index in [2.05, 4.69) is 27.3 Å². The first-order valence-electron chi connectivity index (χ1n) is 5.12.